The van der Waals surface area contributed by atoms with Crippen LogP contribution in [0.2, 0.25) is 0 Å². The Balaban J connectivity index is 1.75. The van der Waals surface area contributed by atoms with Gasteiger partial charge in [-0.3, -0.25) is 0 Å². The Morgan fingerprint density at radius 2 is 1.90 bits per heavy atom. The normalized spacial score (nSPS) is 15.8. The topological polar surface area (TPSA) is 49.3 Å². The van der Waals surface area contributed by atoms with Crippen molar-refractivity contribution in [3.63, 3.8) is 0 Å². The van der Waals surface area contributed by atoms with Gasteiger partial charge in [0.05, 0.1) is 5.56 Å². The van der Waals surface area contributed by atoms with E-state index in [1.807, 2.05) is 49.0 Å². The fraction of sp³-hybridized carbons (Fsp3) is 0.500. The van der Waals surface area contributed by atoms with Crippen LogP contribution in [0.1, 0.15) is 66.9 Å². The lowest BCUT2D eigenvalue weighted by molar-refractivity contribution is 0.0697. The van der Waals surface area contributed by atoms with Crippen LogP contribution in [-0.2, 0) is 6.54 Å². The number of hydrogen-bond acceptors (Lipinski definition) is 3. The van der Waals surface area contributed by atoms with Gasteiger partial charge in [-0.15, -0.1) is 0 Å². The molecule has 162 valence electrons. The highest BCUT2D eigenvalue weighted by Gasteiger charge is 2.19. The molecule has 0 spiro atoms. The lowest BCUT2D eigenvalue weighted by Crippen LogP contribution is -2.33. The quantitative estimate of drug-likeness (QED) is 0.454. The third-order valence-electron chi connectivity index (χ3n) is 6.21. The van der Waals surface area contributed by atoms with Crippen molar-refractivity contribution < 1.29 is 9.90 Å². The second-order valence-corrected chi connectivity index (χ2v) is 9.80. The van der Waals surface area contributed by atoms with Gasteiger partial charge in [-0.05, 0) is 59.4 Å². The molecule has 0 amide bonds. The Bertz CT molecular complexity index is 830. The van der Waals surface area contributed by atoms with Crippen molar-refractivity contribution in [1.82, 2.24) is 5.32 Å². The molecule has 2 aromatic rings. The van der Waals surface area contributed by atoms with E-state index in [9.17, 15) is 9.90 Å². The number of carboxylic acid groups (broad SMARTS) is 1. The lowest BCUT2D eigenvalue weighted by atomic mass is 9.85. The number of hydrogen-bond donors (Lipinski definition) is 2. The number of benzene rings is 2. The third-order valence-corrected chi connectivity index (χ3v) is 7.26. The first-order valence-corrected chi connectivity index (χ1v) is 12.5. The molecular weight excluding hydrogens is 390 g/mol. The van der Waals surface area contributed by atoms with Gasteiger partial charge in [-0.25, -0.2) is 4.79 Å². The van der Waals surface area contributed by atoms with Crippen LogP contribution in [0.4, 0.5) is 0 Å². The molecule has 1 fully saturated rings. The largest absolute Gasteiger partial charge is 0.478 e. The van der Waals surface area contributed by atoms with E-state index in [2.05, 4.69) is 18.3 Å². The molecule has 1 aliphatic rings. The van der Waals surface area contributed by atoms with Gasteiger partial charge in [-0.2, -0.15) is 11.8 Å². The summed E-state index contributed by atoms with van der Waals surface area (Å²) in [5.74, 6) is 2.27. The summed E-state index contributed by atoms with van der Waals surface area (Å²) in [5.41, 5.74) is 4.42. The van der Waals surface area contributed by atoms with Gasteiger partial charge in [0, 0.05) is 18.3 Å². The lowest BCUT2D eigenvalue weighted by Gasteiger charge is -2.27. The second-order valence-electron chi connectivity index (χ2n) is 8.48. The molecule has 1 unspecified atom stereocenters. The molecule has 0 saturated heterocycles. The fourth-order valence-corrected chi connectivity index (χ4v) is 5.32. The van der Waals surface area contributed by atoms with E-state index >= 15 is 0 Å². The summed E-state index contributed by atoms with van der Waals surface area (Å²) in [5, 5.41) is 13.5. The van der Waals surface area contributed by atoms with Crippen LogP contribution in [0.3, 0.4) is 0 Å². The van der Waals surface area contributed by atoms with Crippen LogP contribution < -0.4 is 5.32 Å². The highest BCUT2D eigenvalue weighted by Crippen LogP contribution is 2.30. The van der Waals surface area contributed by atoms with Gasteiger partial charge in [0.25, 0.3) is 0 Å². The SMILES string of the molecule is CCSCC(CC1CCCCC1)NCc1ccc(C(=O)O)c(-c2ccccc2C)c1. The van der Waals surface area contributed by atoms with Crippen molar-refractivity contribution in [3.05, 3.63) is 59.2 Å². The fourth-order valence-electron chi connectivity index (χ4n) is 4.54. The summed E-state index contributed by atoms with van der Waals surface area (Å²) < 4.78 is 0. The highest BCUT2D eigenvalue weighted by atomic mass is 32.2. The first-order chi connectivity index (χ1) is 14.6. The van der Waals surface area contributed by atoms with Gasteiger partial charge in [0.15, 0.2) is 0 Å². The first kappa shape index (κ1) is 22.9. The number of carbonyl (C=O) groups is 1. The van der Waals surface area contributed by atoms with Gasteiger partial charge in [-0.1, -0.05) is 69.4 Å². The van der Waals surface area contributed by atoms with Gasteiger partial charge in [0.2, 0.25) is 0 Å². The van der Waals surface area contributed by atoms with Gasteiger partial charge in [0.1, 0.15) is 0 Å². The van der Waals surface area contributed by atoms with E-state index in [-0.39, 0.29) is 0 Å². The van der Waals surface area contributed by atoms with Crippen LogP contribution in [-0.4, -0.2) is 28.6 Å². The Morgan fingerprint density at radius 1 is 1.13 bits per heavy atom. The number of aryl methyl sites for hydroxylation is 1. The van der Waals surface area contributed by atoms with Crippen molar-refractivity contribution in [3.8, 4) is 11.1 Å². The predicted molar refractivity (Wildman–Crippen MR) is 128 cm³/mol. The monoisotopic (exact) mass is 425 g/mol. The molecule has 1 saturated carbocycles. The molecule has 2 N–H and O–H groups in total. The van der Waals surface area contributed by atoms with E-state index in [1.54, 1.807) is 6.07 Å². The first-order valence-electron chi connectivity index (χ1n) is 11.3. The molecule has 0 aliphatic heterocycles. The Kier molecular flexibility index (Phi) is 8.83. The molecule has 1 atom stereocenters. The summed E-state index contributed by atoms with van der Waals surface area (Å²) in [4.78, 5) is 11.8. The maximum atomic E-state index is 11.8. The van der Waals surface area contributed by atoms with Gasteiger partial charge < -0.3 is 10.4 Å². The maximum absolute atomic E-state index is 11.8. The molecule has 0 aromatic heterocycles. The van der Waals surface area contributed by atoms with E-state index < -0.39 is 5.97 Å². The smallest absolute Gasteiger partial charge is 0.336 e. The Labute approximate surface area is 185 Å². The number of rotatable bonds is 10. The predicted octanol–water partition coefficient (Wildman–Crippen LogP) is 6.54. The molecule has 4 heteroatoms. The maximum Gasteiger partial charge on any atom is 0.336 e. The van der Waals surface area contributed by atoms with Crippen molar-refractivity contribution in [2.24, 2.45) is 5.92 Å². The van der Waals surface area contributed by atoms with Crippen LogP contribution >= 0.6 is 11.8 Å². The van der Waals surface area contributed by atoms with Crippen molar-refractivity contribution >= 4 is 17.7 Å². The van der Waals surface area contributed by atoms with E-state index in [0.717, 1.165) is 46.2 Å². The molecule has 30 heavy (non-hydrogen) atoms. The average Bonchev–Trinajstić information content (AvgIpc) is 2.76. The minimum atomic E-state index is -0.873. The molecule has 0 radical (unpaired) electrons. The second kappa shape index (κ2) is 11.6. The third kappa shape index (κ3) is 6.36. The van der Waals surface area contributed by atoms with Crippen LogP contribution in [0.15, 0.2) is 42.5 Å². The minimum Gasteiger partial charge on any atom is -0.478 e. The summed E-state index contributed by atoms with van der Waals surface area (Å²) >= 11 is 2.01. The highest BCUT2D eigenvalue weighted by molar-refractivity contribution is 7.99. The Morgan fingerprint density at radius 3 is 2.60 bits per heavy atom. The molecule has 0 bridgehead atoms. The van der Waals surface area contributed by atoms with Crippen LogP contribution in [0.5, 0.6) is 0 Å². The summed E-state index contributed by atoms with van der Waals surface area (Å²) in [6, 6.07) is 14.3. The van der Waals surface area contributed by atoms with E-state index in [1.165, 1.54) is 38.5 Å². The zero-order valence-electron chi connectivity index (χ0n) is 18.3. The van der Waals surface area contributed by atoms with Crippen molar-refractivity contribution in [1.29, 1.82) is 0 Å². The van der Waals surface area contributed by atoms with Crippen molar-refractivity contribution in [2.75, 3.05) is 11.5 Å². The van der Waals surface area contributed by atoms with E-state index in [0.29, 0.717) is 11.6 Å². The zero-order valence-corrected chi connectivity index (χ0v) is 19.1. The molecule has 3 rings (SSSR count). The van der Waals surface area contributed by atoms with Gasteiger partial charge >= 0.3 is 5.97 Å². The van der Waals surface area contributed by atoms with Crippen LogP contribution in [0, 0.1) is 12.8 Å². The molecule has 3 nitrogen and oxygen atoms in total. The standard InChI is InChI=1S/C26H35NO2S/c1-3-30-18-22(15-20-10-5-4-6-11-20)27-17-21-13-14-24(26(28)29)25(16-21)23-12-8-7-9-19(23)2/h7-9,12-14,16,20,22,27H,3-6,10-11,15,17-18H2,1-2H3,(H,28,29). The minimum absolute atomic E-state index is 0.369. The molecular formula is C26H35NO2S. The number of nitrogens with one attached hydrogen (secondary N) is 1. The molecule has 1 aliphatic carbocycles. The van der Waals surface area contributed by atoms with Crippen molar-refractivity contribution in [2.45, 2.75) is 65.0 Å². The average molecular weight is 426 g/mol. The van der Waals surface area contributed by atoms with E-state index in [4.69, 9.17) is 0 Å². The number of aromatic carboxylic acids is 1. The zero-order chi connectivity index (χ0) is 21.3. The van der Waals surface area contributed by atoms with Crippen LogP contribution in [0.25, 0.3) is 11.1 Å². The summed E-state index contributed by atoms with van der Waals surface area (Å²) in [6.07, 6.45) is 8.17. The molecule has 2 aromatic carbocycles. The number of thioether (sulfide) groups is 1. The Hall–Kier alpha value is -1.78. The number of carboxylic acids is 1. The molecule has 0 heterocycles. The summed E-state index contributed by atoms with van der Waals surface area (Å²) in [6.45, 7) is 5.04. The summed E-state index contributed by atoms with van der Waals surface area (Å²) in [7, 11) is 0.